The van der Waals surface area contributed by atoms with Crippen LogP contribution in [-0.2, 0) is 9.53 Å². The molecule has 27 heavy (non-hydrogen) atoms. The van der Waals surface area contributed by atoms with Gasteiger partial charge in [-0.1, -0.05) is 35.6 Å². The third kappa shape index (κ3) is 3.98. The molecular weight excluding hydrogens is 388 g/mol. The smallest absolute Gasteiger partial charge is 0.359 e. The molecule has 2 aromatic rings. The SMILES string of the molecule is CCOC(=O)c1nc(-c2cccc(C#C[C@]3(O)CCN(C)C3=O)c2)sc1Cl. The Bertz CT molecular complexity index is 962. The largest absolute Gasteiger partial charge is 0.461 e. The zero-order valence-electron chi connectivity index (χ0n) is 14.8. The lowest BCUT2D eigenvalue weighted by molar-refractivity contribution is -0.137. The van der Waals surface area contributed by atoms with Gasteiger partial charge in [0.2, 0.25) is 5.60 Å². The highest BCUT2D eigenvalue weighted by molar-refractivity contribution is 7.19. The Balaban J connectivity index is 1.88. The molecule has 0 spiro atoms. The van der Waals surface area contributed by atoms with Gasteiger partial charge in [0.1, 0.15) is 9.34 Å². The first-order valence-corrected chi connectivity index (χ1v) is 9.48. The van der Waals surface area contributed by atoms with E-state index in [1.165, 1.54) is 16.2 Å². The van der Waals surface area contributed by atoms with Crippen molar-refractivity contribution >= 4 is 34.8 Å². The number of hydrogen-bond donors (Lipinski definition) is 1. The van der Waals surface area contributed by atoms with Gasteiger partial charge in [0.05, 0.1) is 6.61 Å². The topological polar surface area (TPSA) is 79.7 Å². The Morgan fingerprint density at radius 3 is 2.96 bits per heavy atom. The number of rotatable bonds is 3. The van der Waals surface area contributed by atoms with Crippen molar-refractivity contribution in [1.29, 1.82) is 0 Å². The number of esters is 1. The number of carbonyl (C=O) groups excluding carboxylic acids is 2. The number of likely N-dealkylation sites (tertiary alicyclic amines) is 1. The van der Waals surface area contributed by atoms with E-state index in [1.54, 1.807) is 32.2 Å². The predicted octanol–water partition coefficient (Wildman–Crippen LogP) is 2.58. The third-order valence-electron chi connectivity index (χ3n) is 4.09. The molecule has 1 aliphatic rings. The lowest BCUT2D eigenvalue weighted by Crippen LogP contribution is -2.37. The first-order valence-electron chi connectivity index (χ1n) is 8.29. The van der Waals surface area contributed by atoms with Crippen molar-refractivity contribution in [2.45, 2.75) is 18.9 Å². The number of nitrogens with zero attached hydrogens (tertiary/aromatic N) is 2. The fraction of sp³-hybridized carbons (Fsp3) is 0.316. The van der Waals surface area contributed by atoms with Gasteiger partial charge in [-0.05, 0) is 19.1 Å². The van der Waals surface area contributed by atoms with Gasteiger partial charge in [0.25, 0.3) is 5.91 Å². The number of benzene rings is 1. The van der Waals surface area contributed by atoms with Gasteiger partial charge in [-0.15, -0.1) is 11.3 Å². The highest BCUT2D eigenvalue weighted by Crippen LogP contribution is 2.32. The van der Waals surface area contributed by atoms with Gasteiger partial charge in [0.15, 0.2) is 5.69 Å². The summed E-state index contributed by atoms with van der Waals surface area (Å²) in [4.78, 5) is 29.6. The molecule has 1 amide bonds. The summed E-state index contributed by atoms with van der Waals surface area (Å²) in [6.07, 6.45) is 0.278. The predicted molar refractivity (Wildman–Crippen MR) is 103 cm³/mol. The molecule has 1 fully saturated rings. The molecule has 3 rings (SSSR count). The molecule has 1 aliphatic heterocycles. The minimum Gasteiger partial charge on any atom is -0.461 e. The minimum absolute atomic E-state index is 0.0869. The Morgan fingerprint density at radius 2 is 2.30 bits per heavy atom. The summed E-state index contributed by atoms with van der Waals surface area (Å²) in [5.41, 5.74) is -0.214. The van der Waals surface area contributed by atoms with Crippen LogP contribution in [0.15, 0.2) is 24.3 Å². The normalized spacial score (nSPS) is 19.0. The van der Waals surface area contributed by atoms with Crippen molar-refractivity contribution < 1.29 is 19.4 Å². The van der Waals surface area contributed by atoms with E-state index < -0.39 is 17.5 Å². The zero-order valence-corrected chi connectivity index (χ0v) is 16.4. The zero-order chi connectivity index (χ0) is 19.6. The molecule has 1 aromatic heterocycles. The van der Waals surface area contributed by atoms with Crippen molar-refractivity contribution in [2.24, 2.45) is 0 Å². The fourth-order valence-electron chi connectivity index (χ4n) is 2.63. The monoisotopic (exact) mass is 404 g/mol. The van der Waals surface area contributed by atoms with Crippen LogP contribution in [0.4, 0.5) is 0 Å². The summed E-state index contributed by atoms with van der Waals surface area (Å²) in [5.74, 6) is 4.58. The van der Waals surface area contributed by atoms with Gasteiger partial charge in [-0.25, -0.2) is 9.78 Å². The van der Waals surface area contributed by atoms with E-state index >= 15 is 0 Å². The van der Waals surface area contributed by atoms with Crippen LogP contribution < -0.4 is 0 Å². The molecule has 6 nitrogen and oxygen atoms in total. The van der Waals surface area contributed by atoms with Crippen LogP contribution in [0.1, 0.15) is 29.4 Å². The van der Waals surface area contributed by atoms with Crippen molar-refractivity contribution in [3.05, 3.63) is 39.9 Å². The Labute approximate surface area is 165 Å². The van der Waals surface area contributed by atoms with Gasteiger partial charge in [-0.2, -0.15) is 0 Å². The Morgan fingerprint density at radius 1 is 1.52 bits per heavy atom. The summed E-state index contributed by atoms with van der Waals surface area (Å²) in [5, 5.41) is 10.9. The number of halogens is 1. The van der Waals surface area contributed by atoms with Crippen LogP contribution in [0.3, 0.4) is 0 Å². The van der Waals surface area contributed by atoms with Crippen LogP contribution in [0.25, 0.3) is 10.6 Å². The minimum atomic E-state index is -1.65. The Kier molecular flexibility index (Phi) is 5.51. The number of thiazole rings is 1. The molecule has 140 valence electrons. The van der Waals surface area contributed by atoms with E-state index in [-0.39, 0.29) is 23.1 Å². The van der Waals surface area contributed by atoms with Crippen LogP contribution in [0.2, 0.25) is 4.34 Å². The van der Waals surface area contributed by atoms with Crippen LogP contribution >= 0.6 is 22.9 Å². The Hall–Kier alpha value is -2.40. The quantitative estimate of drug-likeness (QED) is 0.628. The summed E-state index contributed by atoms with van der Waals surface area (Å²) in [7, 11) is 1.63. The van der Waals surface area contributed by atoms with Crippen molar-refractivity contribution in [3.8, 4) is 22.4 Å². The molecular formula is C19H17ClN2O4S. The van der Waals surface area contributed by atoms with Crippen molar-refractivity contribution in [3.63, 3.8) is 0 Å². The molecule has 0 saturated carbocycles. The lowest BCUT2D eigenvalue weighted by atomic mass is 10.0. The maximum absolute atomic E-state index is 12.0. The molecule has 1 aromatic carbocycles. The van der Waals surface area contributed by atoms with Crippen LogP contribution in [-0.4, -0.2) is 52.7 Å². The molecule has 8 heteroatoms. The first kappa shape index (κ1) is 19.4. The number of carbonyl (C=O) groups is 2. The molecule has 0 aliphatic carbocycles. The van der Waals surface area contributed by atoms with Gasteiger partial charge in [0, 0.05) is 31.1 Å². The first-order chi connectivity index (χ1) is 12.8. The number of amides is 1. The van der Waals surface area contributed by atoms with Crippen LogP contribution in [0.5, 0.6) is 0 Å². The second-order valence-corrected chi connectivity index (χ2v) is 7.63. The van der Waals surface area contributed by atoms with E-state index in [0.717, 1.165) is 5.56 Å². The maximum Gasteiger partial charge on any atom is 0.359 e. The molecule has 0 bridgehead atoms. The molecule has 1 saturated heterocycles. The number of hydrogen-bond acceptors (Lipinski definition) is 6. The van der Waals surface area contributed by atoms with Crippen LogP contribution in [0, 0.1) is 11.8 Å². The number of aliphatic hydroxyl groups is 1. The summed E-state index contributed by atoms with van der Waals surface area (Å²) < 4.78 is 5.20. The lowest BCUT2D eigenvalue weighted by Gasteiger charge is -2.13. The van der Waals surface area contributed by atoms with Gasteiger partial charge in [-0.3, -0.25) is 4.79 Å². The summed E-state index contributed by atoms with van der Waals surface area (Å²) in [6.45, 7) is 2.42. The molecule has 0 unspecified atom stereocenters. The van der Waals surface area contributed by atoms with E-state index in [4.69, 9.17) is 16.3 Å². The number of aromatic nitrogens is 1. The summed E-state index contributed by atoms with van der Waals surface area (Å²) >= 11 is 7.28. The van der Waals surface area contributed by atoms with Gasteiger partial charge >= 0.3 is 5.97 Å². The van der Waals surface area contributed by atoms with E-state index in [1.807, 2.05) is 6.07 Å². The van der Waals surface area contributed by atoms with Crippen molar-refractivity contribution in [1.82, 2.24) is 9.88 Å². The average Bonchev–Trinajstić information content (AvgIpc) is 3.17. The fourth-order valence-corrected chi connectivity index (χ4v) is 3.74. The second kappa shape index (κ2) is 7.69. The highest BCUT2D eigenvalue weighted by Gasteiger charge is 2.42. The van der Waals surface area contributed by atoms with Gasteiger partial charge < -0.3 is 14.7 Å². The average molecular weight is 405 g/mol. The van der Waals surface area contributed by atoms with E-state index in [0.29, 0.717) is 17.1 Å². The molecule has 1 atom stereocenters. The molecule has 2 heterocycles. The standard InChI is InChI=1S/C19H17ClN2O4S/c1-3-26-17(23)14-15(20)27-16(21-14)13-6-4-5-12(11-13)7-8-19(25)9-10-22(2)18(19)24/h4-6,11,25H,3,9-10H2,1-2H3/t19-/m0/s1. The van der Waals surface area contributed by atoms with E-state index in [9.17, 15) is 14.7 Å². The number of ether oxygens (including phenoxy) is 1. The van der Waals surface area contributed by atoms with Crippen molar-refractivity contribution in [2.75, 3.05) is 20.2 Å². The maximum atomic E-state index is 12.0. The summed E-state index contributed by atoms with van der Waals surface area (Å²) in [6, 6.07) is 7.14. The number of likely N-dealkylation sites (N-methyl/N-ethyl adjacent to an activating group) is 1. The highest BCUT2D eigenvalue weighted by atomic mass is 35.5. The van der Waals surface area contributed by atoms with E-state index in [2.05, 4.69) is 16.8 Å². The molecule has 1 N–H and O–H groups in total. The molecule has 0 radical (unpaired) electrons. The third-order valence-corrected chi connectivity index (χ3v) is 5.39. The second-order valence-electron chi connectivity index (χ2n) is 6.03.